The lowest BCUT2D eigenvalue weighted by atomic mass is 10.1. The molecule has 1 aromatic heterocycles. The van der Waals surface area contributed by atoms with E-state index in [1.807, 2.05) is 0 Å². The van der Waals surface area contributed by atoms with Crippen LogP contribution < -0.4 is 20.1 Å². The largest absolute Gasteiger partial charge is 0.493 e. The van der Waals surface area contributed by atoms with Crippen molar-refractivity contribution < 1.29 is 18.7 Å². The Hall–Kier alpha value is -3.68. The van der Waals surface area contributed by atoms with E-state index in [0.29, 0.717) is 41.7 Å². The molecule has 0 fully saturated rings. The van der Waals surface area contributed by atoms with Gasteiger partial charge in [-0.25, -0.2) is 14.4 Å². The molecular formula is C21H21FN4O3. The molecule has 0 aliphatic rings. The molecule has 3 rings (SSSR count). The van der Waals surface area contributed by atoms with Crippen LogP contribution in [0.1, 0.15) is 16.1 Å². The number of anilines is 2. The third-order valence-electron chi connectivity index (χ3n) is 4.16. The van der Waals surface area contributed by atoms with Crippen molar-refractivity contribution in [1.29, 1.82) is 0 Å². The molecule has 0 unspecified atom stereocenters. The lowest BCUT2D eigenvalue weighted by Gasteiger charge is -2.11. The summed E-state index contributed by atoms with van der Waals surface area (Å²) in [5.74, 6) is 0.716. The van der Waals surface area contributed by atoms with Crippen LogP contribution in [0.5, 0.6) is 11.5 Å². The van der Waals surface area contributed by atoms with E-state index >= 15 is 0 Å². The highest BCUT2D eigenvalue weighted by Gasteiger charge is 2.11. The van der Waals surface area contributed by atoms with Gasteiger partial charge in [-0.3, -0.25) is 4.79 Å². The van der Waals surface area contributed by atoms with E-state index in [9.17, 15) is 9.18 Å². The van der Waals surface area contributed by atoms with Gasteiger partial charge in [-0.05, 0) is 36.2 Å². The Kier molecular flexibility index (Phi) is 6.57. The predicted octanol–water partition coefficient (Wildman–Crippen LogP) is 3.54. The number of carbonyl (C=O) groups is 1. The van der Waals surface area contributed by atoms with Gasteiger partial charge >= 0.3 is 0 Å². The molecule has 1 heterocycles. The average Bonchev–Trinajstić information content (AvgIpc) is 2.75. The average molecular weight is 396 g/mol. The number of aromatic nitrogens is 2. The molecule has 0 bridgehead atoms. The maximum atomic E-state index is 13.7. The number of nitrogens with one attached hydrogen (secondary N) is 2. The standard InChI is InChI=1S/C21H21FN4O3/c1-28-18-8-7-15(13-19(18)29-2)25-20(27)17-10-12-24-21(26-17)23-11-9-14-5-3-4-6-16(14)22/h3-8,10,12-13H,9,11H2,1-2H3,(H,25,27)(H,23,24,26). The number of halogens is 1. The first-order chi connectivity index (χ1) is 14.1. The quantitative estimate of drug-likeness (QED) is 0.606. The van der Waals surface area contributed by atoms with E-state index < -0.39 is 5.91 Å². The normalized spacial score (nSPS) is 10.3. The second-order valence-electron chi connectivity index (χ2n) is 6.06. The van der Waals surface area contributed by atoms with Crippen LogP contribution in [0.15, 0.2) is 54.7 Å². The van der Waals surface area contributed by atoms with Gasteiger partial charge in [-0.2, -0.15) is 0 Å². The van der Waals surface area contributed by atoms with Gasteiger partial charge in [0.05, 0.1) is 14.2 Å². The molecule has 0 saturated heterocycles. The van der Waals surface area contributed by atoms with Crippen molar-refractivity contribution in [2.75, 3.05) is 31.4 Å². The Balaban J connectivity index is 1.62. The number of nitrogens with zero attached hydrogens (tertiary/aromatic N) is 2. The van der Waals surface area contributed by atoms with E-state index in [1.54, 1.807) is 36.4 Å². The van der Waals surface area contributed by atoms with Crippen molar-refractivity contribution in [2.24, 2.45) is 0 Å². The van der Waals surface area contributed by atoms with Gasteiger partial charge in [-0.1, -0.05) is 18.2 Å². The van der Waals surface area contributed by atoms with E-state index in [4.69, 9.17) is 9.47 Å². The number of hydrogen-bond acceptors (Lipinski definition) is 6. The number of ether oxygens (including phenoxy) is 2. The first-order valence-corrected chi connectivity index (χ1v) is 8.94. The Labute approximate surface area is 167 Å². The molecule has 0 spiro atoms. The highest BCUT2D eigenvalue weighted by atomic mass is 19.1. The maximum Gasteiger partial charge on any atom is 0.274 e. The van der Waals surface area contributed by atoms with Crippen LogP contribution in [0.3, 0.4) is 0 Å². The smallest absolute Gasteiger partial charge is 0.274 e. The highest BCUT2D eigenvalue weighted by molar-refractivity contribution is 6.03. The minimum Gasteiger partial charge on any atom is -0.493 e. The summed E-state index contributed by atoms with van der Waals surface area (Å²) in [6.07, 6.45) is 1.96. The van der Waals surface area contributed by atoms with Gasteiger partial charge in [0.15, 0.2) is 11.5 Å². The molecule has 8 heteroatoms. The predicted molar refractivity (Wildman–Crippen MR) is 108 cm³/mol. The summed E-state index contributed by atoms with van der Waals surface area (Å²) in [7, 11) is 3.06. The second kappa shape index (κ2) is 9.50. The van der Waals surface area contributed by atoms with Crippen molar-refractivity contribution in [3.05, 3.63) is 71.8 Å². The number of hydrogen-bond donors (Lipinski definition) is 2. The van der Waals surface area contributed by atoms with Gasteiger partial charge in [0.25, 0.3) is 5.91 Å². The number of methoxy groups -OCH3 is 2. The molecule has 2 N–H and O–H groups in total. The second-order valence-corrected chi connectivity index (χ2v) is 6.06. The third kappa shape index (κ3) is 5.19. The molecule has 2 aromatic carbocycles. The maximum absolute atomic E-state index is 13.7. The molecule has 29 heavy (non-hydrogen) atoms. The van der Waals surface area contributed by atoms with Gasteiger partial charge in [0.1, 0.15) is 11.5 Å². The fraction of sp³-hybridized carbons (Fsp3) is 0.190. The number of benzene rings is 2. The van der Waals surface area contributed by atoms with E-state index in [1.165, 1.54) is 32.5 Å². The van der Waals surface area contributed by atoms with Gasteiger partial charge in [-0.15, -0.1) is 0 Å². The van der Waals surface area contributed by atoms with Crippen molar-refractivity contribution in [3.63, 3.8) is 0 Å². The zero-order valence-corrected chi connectivity index (χ0v) is 16.1. The van der Waals surface area contributed by atoms with Gasteiger partial charge in [0, 0.05) is 24.5 Å². The first-order valence-electron chi connectivity index (χ1n) is 8.94. The van der Waals surface area contributed by atoms with Crippen molar-refractivity contribution >= 4 is 17.5 Å². The summed E-state index contributed by atoms with van der Waals surface area (Å²) in [4.78, 5) is 20.8. The Morgan fingerprint density at radius 1 is 1.07 bits per heavy atom. The van der Waals surface area contributed by atoms with E-state index in [2.05, 4.69) is 20.6 Å². The zero-order valence-electron chi connectivity index (χ0n) is 16.1. The van der Waals surface area contributed by atoms with E-state index in [-0.39, 0.29) is 11.5 Å². The lowest BCUT2D eigenvalue weighted by molar-refractivity contribution is 0.102. The zero-order chi connectivity index (χ0) is 20.6. The molecule has 0 aliphatic heterocycles. The SMILES string of the molecule is COc1ccc(NC(=O)c2ccnc(NCCc3ccccc3F)n2)cc1OC. The number of carbonyl (C=O) groups excluding carboxylic acids is 1. The summed E-state index contributed by atoms with van der Waals surface area (Å²) in [6.45, 7) is 0.432. The van der Waals surface area contributed by atoms with Crippen LogP contribution >= 0.6 is 0 Å². The van der Waals surface area contributed by atoms with Crippen LogP contribution in [0, 0.1) is 5.82 Å². The fourth-order valence-corrected chi connectivity index (χ4v) is 2.69. The van der Waals surface area contributed by atoms with Gasteiger partial charge in [0.2, 0.25) is 5.95 Å². The third-order valence-corrected chi connectivity index (χ3v) is 4.16. The van der Waals surface area contributed by atoms with Gasteiger partial charge < -0.3 is 20.1 Å². The summed E-state index contributed by atoms with van der Waals surface area (Å²) in [6, 6.07) is 13.2. The molecular weight excluding hydrogens is 375 g/mol. The molecule has 0 radical (unpaired) electrons. The molecule has 1 amide bonds. The molecule has 150 valence electrons. The highest BCUT2D eigenvalue weighted by Crippen LogP contribution is 2.29. The Morgan fingerprint density at radius 3 is 2.62 bits per heavy atom. The minimum atomic E-state index is -0.392. The Morgan fingerprint density at radius 2 is 1.86 bits per heavy atom. The molecule has 0 atom stereocenters. The van der Waals surface area contributed by atoms with Crippen LogP contribution in [-0.2, 0) is 6.42 Å². The topological polar surface area (TPSA) is 85.4 Å². The van der Waals surface area contributed by atoms with Crippen LogP contribution in [-0.4, -0.2) is 36.6 Å². The van der Waals surface area contributed by atoms with Crippen LogP contribution in [0.25, 0.3) is 0 Å². The van der Waals surface area contributed by atoms with Crippen molar-refractivity contribution in [1.82, 2.24) is 9.97 Å². The summed E-state index contributed by atoms with van der Waals surface area (Å²) in [5, 5.41) is 5.77. The molecule has 0 saturated carbocycles. The fourth-order valence-electron chi connectivity index (χ4n) is 2.69. The molecule has 7 nitrogen and oxygen atoms in total. The Bertz CT molecular complexity index is 997. The lowest BCUT2D eigenvalue weighted by Crippen LogP contribution is -2.16. The van der Waals surface area contributed by atoms with E-state index in [0.717, 1.165) is 0 Å². The van der Waals surface area contributed by atoms with Crippen molar-refractivity contribution in [3.8, 4) is 11.5 Å². The monoisotopic (exact) mass is 396 g/mol. The van der Waals surface area contributed by atoms with Crippen LogP contribution in [0.2, 0.25) is 0 Å². The summed E-state index contributed by atoms with van der Waals surface area (Å²) < 4.78 is 24.1. The van der Waals surface area contributed by atoms with Crippen LogP contribution in [0.4, 0.5) is 16.0 Å². The molecule has 0 aliphatic carbocycles. The summed E-state index contributed by atoms with van der Waals surface area (Å²) >= 11 is 0. The minimum absolute atomic E-state index is 0.197. The number of amides is 1. The van der Waals surface area contributed by atoms with Crippen molar-refractivity contribution in [2.45, 2.75) is 6.42 Å². The first kappa shape index (κ1) is 20.1. The molecule has 3 aromatic rings. The number of rotatable bonds is 8. The summed E-state index contributed by atoms with van der Waals surface area (Å²) in [5.41, 5.74) is 1.34.